The van der Waals surface area contributed by atoms with E-state index in [2.05, 4.69) is 22.2 Å². The zero-order chi connectivity index (χ0) is 18.7. The number of aryl methyl sites for hydroxylation is 1. The standard InChI is InChI=1S/C19H24F2N4O/c1-23-9-11-25(12-10-23)17(16-7-4-8-24(16)2)13-22-19(26)18-14(20)5-3-6-15(18)21/h3-8,17H,9-13H2,1-2H3,(H,22,26). The lowest BCUT2D eigenvalue weighted by atomic mass is 10.1. The monoisotopic (exact) mass is 362 g/mol. The van der Waals surface area contributed by atoms with Crippen LogP contribution in [0.2, 0.25) is 0 Å². The predicted molar refractivity (Wildman–Crippen MR) is 95.9 cm³/mol. The van der Waals surface area contributed by atoms with Gasteiger partial charge < -0.3 is 14.8 Å². The fourth-order valence-corrected chi connectivity index (χ4v) is 3.37. The Balaban J connectivity index is 1.76. The largest absolute Gasteiger partial charge is 0.353 e. The van der Waals surface area contributed by atoms with Gasteiger partial charge >= 0.3 is 0 Å². The van der Waals surface area contributed by atoms with E-state index in [-0.39, 0.29) is 12.6 Å². The Labute approximate surface area is 152 Å². The Hall–Kier alpha value is -2.25. The van der Waals surface area contributed by atoms with Gasteiger partial charge in [-0.25, -0.2) is 8.78 Å². The molecule has 1 aliphatic rings. The molecule has 1 aromatic carbocycles. The lowest BCUT2D eigenvalue weighted by molar-refractivity contribution is 0.0870. The second-order valence-electron chi connectivity index (χ2n) is 6.71. The van der Waals surface area contributed by atoms with Gasteiger partial charge in [0, 0.05) is 51.7 Å². The van der Waals surface area contributed by atoms with Crippen LogP contribution >= 0.6 is 0 Å². The van der Waals surface area contributed by atoms with Gasteiger partial charge in [0.25, 0.3) is 5.91 Å². The number of amides is 1. The first-order chi connectivity index (χ1) is 12.5. The lowest BCUT2D eigenvalue weighted by Gasteiger charge is -2.38. The molecule has 2 aromatic rings. The Morgan fingerprint density at radius 3 is 2.31 bits per heavy atom. The van der Waals surface area contributed by atoms with Crippen LogP contribution in [0.25, 0.3) is 0 Å². The van der Waals surface area contributed by atoms with E-state index >= 15 is 0 Å². The third-order valence-corrected chi connectivity index (χ3v) is 4.95. The topological polar surface area (TPSA) is 40.5 Å². The number of aromatic nitrogens is 1. The summed E-state index contributed by atoms with van der Waals surface area (Å²) in [6, 6.07) is 7.34. The number of benzene rings is 1. The number of nitrogens with zero attached hydrogens (tertiary/aromatic N) is 3. The van der Waals surface area contributed by atoms with Crippen LogP contribution in [0.15, 0.2) is 36.5 Å². The first-order valence-electron chi connectivity index (χ1n) is 8.73. The Kier molecular flexibility index (Phi) is 5.68. The van der Waals surface area contributed by atoms with Crippen molar-refractivity contribution in [1.82, 2.24) is 19.7 Å². The van der Waals surface area contributed by atoms with Crippen molar-refractivity contribution in [3.63, 3.8) is 0 Å². The summed E-state index contributed by atoms with van der Waals surface area (Å²) in [5, 5.41) is 2.72. The number of piperazine rings is 1. The number of carbonyl (C=O) groups is 1. The summed E-state index contributed by atoms with van der Waals surface area (Å²) >= 11 is 0. The molecule has 3 rings (SSSR count). The summed E-state index contributed by atoms with van der Waals surface area (Å²) in [7, 11) is 4.04. The van der Waals surface area contributed by atoms with Crippen molar-refractivity contribution in [2.45, 2.75) is 6.04 Å². The van der Waals surface area contributed by atoms with Crippen LogP contribution in [0, 0.1) is 11.6 Å². The van der Waals surface area contributed by atoms with Gasteiger partial charge in [0.2, 0.25) is 0 Å². The molecule has 2 heterocycles. The summed E-state index contributed by atoms with van der Waals surface area (Å²) in [4.78, 5) is 16.9. The average molecular weight is 362 g/mol. The summed E-state index contributed by atoms with van der Waals surface area (Å²) in [5.41, 5.74) is 0.528. The third kappa shape index (κ3) is 3.94. The number of halogens is 2. The zero-order valence-corrected chi connectivity index (χ0v) is 15.1. The van der Waals surface area contributed by atoms with Crippen molar-refractivity contribution in [3.8, 4) is 0 Å². The van der Waals surface area contributed by atoms with Gasteiger partial charge in [-0.05, 0) is 31.3 Å². The maximum absolute atomic E-state index is 13.8. The molecule has 1 atom stereocenters. The number of hydrogen-bond acceptors (Lipinski definition) is 3. The average Bonchev–Trinajstić information content (AvgIpc) is 3.02. The van der Waals surface area contributed by atoms with Gasteiger partial charge in [-0.2, -0.15) is 0 Å². The number of carbonyl (C=O) groups excluding carboxylic acids is 1. The Morgan fingerprint density at radius 1 is 1.08 bits per heavy atom. The molecule has 1 N–H and O–H groups in total. The third-order valence-electron chi connectivity index (χ3n) is 4.95. The normalized spacial score (nSPS) is 17.2. The van der Waals surface area contributed by atoms with Crippen LogP contribution in [0.1, 0.15) is 22.1 Å². The summed E-state index contributed by atoms with van der Waals surface area (Å²) in [6.45, 7) is 3.91. The molecule has 1 aliphatic heterocycles. The first-order valence-corrected chi connectivity index (χ1v) is 8.73. The molecule has 1 fully saturated rings. The van der Waals surface area contributed by atoms with E-state index in [0.717, 1.165) is 44.0 Å². The predicted octanol–water partition coefficient (Wildman–Crippen LogP) is 2.02. The maximum atomic E-state index is 13.8. The van der Waals surface area contributed by atoms with Crippen LogP contribution in [0.5, 0.6) is 0 Å². The van der Waals surface area contributed by atoms with Crippen LogP contribution in [-0.2, 0) is 7.05 Å². The van der Waals surface area contributed by atoms with Crippen molar-refractivity contribution in [2.24, 2.45) is 7.05 Å². The van der Waals surface area contributed by atoms with Crippen molar-refractivity contribution in [2.75, 3.05) is 39.8 Å². The second-order valence-corrected chi connectivity index (χ2v) is 6.71. The number of hydrogen-bond donors (Lipinski definition) is 1. The van der Waals surface area contributed by atoms with Crippen LogP contribution in [0.3, 0.4) is 0 Å². The smallest absolute Gasteiger partial charge is 0.257 e. The zero-order valence-electron chi connectivity index (χ0n) is 15.1. The van der Waals surface area contributed by atoms with Crippen molar-refractivity contribution in [3.05, 3.63) is 59.4 Å². The van der Waals surface area contributed by atoms with Crippen LogP contribution in [0.4, 0.5) is 8.78 Å². The molecule has 0 aliphatic carbocycles. The quantitative estimate of drug-likeness (QED) is 0.885. The van der Waals surface area contributed by atoms with E-state index in [4.69, 9.17) is 0 Å². The van der Waals surface area contributed by atoms with Gasteiger partial charge in [-0.15, -0.1) is 0 Å². The van der Waals surface area contributed by atoms with E-state index in [1.54, 1.807) is 0 Å². The highest BCUT2D eigenvalue weighted by Gasteiger charge is 2.27. The summed E-state index contributed by atoms with van der Waals surface area (Å²) < 4.78 is 29.7. The molecule has 1 saturated heterocycles. The fraction of sp³-hybridized carbons (Fsp3) is 0.421. The first kappa shape index (κ1) is 18.5. The molecule has 1 aromatic heterocycles. The summed E-state index contributed by atoms with van der Waals surface area (Å²) in [6.07, 6.45) is 1.96. The minimum Gasteiger partial charge on any atom is -0.353 e. The van der Waals surface area contributed by atoms with E-state index in [9.17, 15) is 13.6 Å². The molecule has 0 saturated carbocycles. The number of rotatable bonds is 5. The SMILES string of the molecule is CN1CCN(C(CNC(=O)c2c(F)cccc2F)c2cccn2C)CC1. The molecular weight excluding hydrogens is 338 g/mol. The van der Waals surface area contributed by atoms with E-state index in [1.807, 2.05) is 29.9 Å². The Bertz CT molecular complexity index is 748. The van der Waals surface area contributed by atoms with Crippen LogP contribution in [-0.4, -0.2) is 60.0 Å². The summed E-state index contributed by atoms with van der Waals surface area (Å²) in [5.74, 6) is -2.43. The molecular formula is C19H24F2N4O. The number of likely N-dealkylation sites (N-methyl/N-ethyl adjacent to an activating group) is 1. The van der Waals surface area contributed by atoms with Gasteiger partial charge in [0.05, 0.1) is 6.04 Å². The number of nitrogens with one attached hydrogen (secondary N) is 1. The van der Waals surface area contributed by atoms with Gasteiger partial charge in [0.1, 0.15) is 17.2 Å². The van der Waals surface area contributed by atoms with Crippen molar-refractivity contribution >= 4 is 5.91 Å². The second kappa shape index (κ2) is 7.97. The lowest BCUT2D eigenvalue weighted by Crippen LogP contribution is -2.49. The van der Waals surface area contributed by atoms with Crippen molar-refractivity contribution in [1.29, 1.82) is 0 Å². The minimum absolute atomic E-state index is 0.0533. The molecule has 0 spiro atoms. The van der Waals surface area contributed by atoms with Gasteiger partial charge in [-0.3, -0.25) is 9.69 Å². The highest BCUT2D eigenvalue weighted by Crippen LogP contribution is 2.22. The molecule has 26 heavy (non-hydrogen) atoms. The molecule has 1 unspecified atom stereocenters. The highest BCUT2D eigenvalue weighted by atomic mass is 19.1. The van der Waals surface area contributed by atoms with Gasteiger partial charge in [-0.1, -0.05) is 6.07 Å². The van der Waals surface area contributed by atoms with Gasteiger partial charge in [0.15, 0.2) is 0 Å². The van der Waals surface area contributed by atoms with E-state index < -0.39 is 23.1 Å². The molecule has 0 radical (unpaired) electrons. The van der Waals surface area contributed by atoms with Crippen molar-refractivity contribution < 1.29 is 13.6 Å². The fourth-order valence-electron chi connectivity index (χ4n) is 3.37. The van der Waals surface area contributed by atoms with E-state index in [1.165, 1.54) is 6.07 Å². The molecule has 140 valence electrons. The molecule has 0 bridgehead atoms. The molecule has 1 amide bonds. The molecule has 5 nitrogen and oxygen atoms in total. The minimum atomic E-state index is -0.850. The van der Waals surface area contributed by atoms with Crippen LogP contribution < -0.4 is 5.32 Å². The maximum Gasteiger partial charge on any atom is 0.257 e. The highest BCUT2D eigenvalue weighted by molar-refractivity contribution is 5.94. The molecule has 7 heteroatoms. The van der Waals surface area contributed by atoms with E-state index in [0.29, 0.717) is 0 Å². The Morgan fingerprint density at radius 2 is 1.73 bits per heavy atom.